The number of hydrogen-bond donors (Lipinski definition) is 1. The second-order valence-electron chi connectivity index (χ2n) is 3.40. The van der Waals surface area contributed by atoms with Gasteiger partial charge in [-0.2, -0.15) is 0 Å². The van der Waals surface area contributed by atoms with E-state index in [1.54, 1.807) is 6.20 Å². The fourth-order valence-corrected chi connectivity index (χ4v) is 1.95. The van der Waals surface area contributed by atoms with Crippen molar-refractivity contribution in [3.05, 3.63) is 51.7 Å². The molecule has 0 aliphatic heterocycles. The van der Waals surface area contributed by atoms with Crippen molar-refractivity contribution in [1.82, 2.24) is 10.3 Å². The number of halogens is 3. The van der Waals surface area contributed by atoms with Gasteiger partial charge in [-0.15, -0.1) is 11.3 Å². The van der Waals surface area contributed by atoms with Crippen LogP contribution in [0.25, 0.3) is 0 Å². The molecular weight excluding hydrogens is 249 g/mol. The van der Waals surface area contributed by atoms with Crippen LogP contribution < -0.4 is 5.32 Å². The third-order valence-electron chi connectivity index (χ3n) is 2.13. The Morgan fingerprint density at radius 1 is 1.12 bits per heavy atom. The minimum absolute atomic E-state index is 0.258. The lowest BCUT2D eigenvalue weighted by atomic mass is 10.2. The van der Waals surface area contributed by atoms with Gasteiger partial charge in [-0.3, -0.25) is 0 Å². The maximum absolute atomic E-state index is 12.9. The van der Waals surface area contributed by atoms with Crippen LogP contribution in [0, 0.1) is 17.5 Å². The maximum atomic E-state index is 12.9. The molecule has 2 aromatic rings. The molecule has 0 amide bonds. The molecule has 0 saturated heterocycles. The number of rotatable bonds is 4. The van der Waals surface area contributed by atoms with Gasteiger partial charge in [0.25, 0.3) is 0 Å². The van der Waals surface area contributed by atoms with Gasteiger partial charge in [0, 0.05) is 24.7 Å². The summed E-state index contributed by atoms with van der Waals surface area (Å²) in [4.78, 5) is 4.04. The summed E-state index contributed by atoms with van der Waals surface area (Å²) in [6, 6.07) is 1.96. The average molecular weight is 258 g/mol. The Hall–Kier alpha value is -1.40. The Bertz CT molecular complexity index is 476. The van der Waals surface area contributed by atoms with Crippen molar-refractivity contribution >= 4 is 11.3 Å². The molecule has 90 valence electrons. The summed E-state index contributed by atoms with van der Waals surface area (Å²) in [5.74, 6) is -3.78. The van der Waals surface area contributed by atoms with Crippen molar-refractivity contribution in [1.29, 1.82) is 0 Å². The highest BCUT2D eigenvalue weighted by molar-refractivity contribution is 7.09. The normalized spacial score (nSPS) is 10.8. The number of benzene rings is 1. The first-order valence-corrected chi connectivity index (χ1v) is 5.77. The highest BCUT2D eigenvalue weighted by Crippen LogP contribution is 2.13. The lowest BCUT2D eigenvalue weighted by molar-refractivity contribution is 0.444. The molecule has 0 aliphatic rings. The van der Waals surface area contributed by atoms with E-state index in [1.165, 1.54) is 11.3 Å². The van der Waals surface area contributed by atoms with E-state index in [2.05, 4.69) is 10.3 Å². The largest absolute Gasteiger partial charge is 0.306 e. The van der Waals surface area contributed by atoms with Gasteiger partial charge in [0.2, 0.25) is 0 Å². The van der Waals surface area contributed by atoms with Crippen LogP contribution >= 0.6 is 11.3 Å². The predicted molar refractivity (Wildman–Crippen MR) is 59.0 cm³/mol. The molecule has 1 aromatic carbocycles. The van der Waals surface area contributed by atoms with Gasteiger partial charge in [0.05, 0.1) is 0 Å². The zero-order valence-corrected chi connectivity index (χ0v) is 9.53. The Morgan fingerprint density at radius 3 is 2.41 bits per heavy atom. The molecule has 1 aromatic heterocycles. The first-order valence-electron chi connectivity index (χ1n) is 4.89. The third-order valence-corrected chi connectivity index (χ3v) is 2.91. The number of nitrogens with one attached hydrogen (secondary N) is 1. The van der Waals surface area contributed by atoms with Gasteiger partial charge in [-0.1, -0.05) is 0 Å². The number of hydrogen-bond acceptors (Lipinski definition) is 3. The Morgan fingerprint density at radius 2 is 1.82 bits per heavy atom. The average Bonchev–Trinajstić information content (AvgIpc) is 2.79. The monoisotopic (exact) mass is 258 g/mol. The molecule has 0 spiro atoms. The smallest absolute Gasteiger partial charge is 0.194 e. The fourth-order valence-electron chi connectivity index (χ4n) is 1.36. The van der Waals surface area contributed by atoms with Gasteiger partial charge in [-0.05, 0) is 17.7 Å². The molecule has 6 heteroatoms. The van der Waals surface area contributed by atoms with Crippen molar-refractivity contribution in [3.63, 3.8) is 0 Å². The van der Waals surface area contributed by atoms with Gasteiger partial charge < -0.3 is 5.32 Å². The SMILES string of the molecule is Fc1cc(CNCc2nccs2)cc(F)c1F. The Labute approximate surface area is 100 Å². The second kappa shape index (κ2) is 5.29. The topological polar surface area (TPSA) is 24.9 Å². The number of aromatic nitrogens is 1. The van der Waals surface area contributed by atoms with Crippen molar-refractivity contribution in [2.24, 2.45) is 0 Å². The molecule has 17 heavy (non-hydrogen) atoms. The summed E-state index contributed by atoms with van der Waals surface area (Å²) in [7, 11) is 0. The lowest BCUT2D eigenvalue weighted by Gasteiger charge is -2.04. The van der Waals surface area contributed by atoms with Crippen LogP contribution in [0.5, 0.6) is 0 Å². The van der Waals surface area contributed by atoms with Crippen molar-refractivity contribution in [3.8, 4) is 0 Å². The standard InChI is InChI=1S/C11H9F3N2S/c12-8-3-7(4-9(13)11(8)14)5-15-6-10-16-1-2-17-10/h1-4,15H,5-6H2. The van der Waals surface area contributed by atoms with E-state index >= 15 is 0 Å². The van der Waals surface area contributed by atoms with Crippen LogP contribution in [0.3, 0.4) is 0 Å². The van der Waals surface area contributed by atoms with Crippen LogP contribution in [0.2, 0.25) is 0 Å². The summed E-state index contributed by atoms with van der Waals surface area (Å²) in [5, 5.41) is 5.69. The first kappa shape index (κ1) is 12.1. The van der Waals surface area contributed by atoms with E-state index in [0.717, 1.165) is 17.1 Å². The quantitative estimate of drug-likeness (QED) is 0.853. The molecule has 1 heterocycles. The molecule has 0 unspecified atom stereocenters. The number of nitrogens with zero attached hydrogens (tertiary/aromatic N) is 1. The minimum atomic E-state index is -1.44. The van der Waals surface area contributed by atoms with Crippen LogP contribution in [-0.4, -0.2) is 4.98 Å². The Kier molecular flexibility index (Phi) is 3.75. The predicted octanol–water partition coefficient (Wildman–Crippen LogP) is 2.85. The lowest BCUT2D eigenvalue weighted by Crippen LogP contribution is -2.13. The van der Waals surface area contributed by atoms with Crippen LogP contribution in [0.15, 0.2) is 23.7 Å². The van der Waals surface area contributed by atoms with Crippen LogP contribution in [0.4, 0.5) is 13.2 Å². The zero-order chi connectivity index (χ0) is 12.3. The molecule has 1 N–H and O–H groups in total. The van der Waals surface area contributed by atoms with E-state index < -0.39 is 17.5 Å². The van der Waals surface area contributed by atoms with E-state index in [4.69, 9.17) is 0 Å². The van der Waals surface area contributed by atoms with E-state index in [1.807, 2.05) is 5.38 Å². The van der Waals surface area contributed by atoms with Gasteiger partial charge in [-0.25, -0.2) is 18.2 Å². The molecule has 0 fully saturated rings. The zero-order valence-electron chi connectivity index (χ0n) is 8.71. The number of thiazole rings is 1. The molecular formula is C11H9F3N2S. The highest BCUT2D eigenvalue weighted by Gasteiger charge is 2.10. The minimum Gasteiger partial charge on any atom is -0.306 e. The first-order chi connectivity index (χ1) is 8.16. The third kappa shape index (κ3) is 3.04. The maximum Gasteiger partial charge on any atom is 0.194 e. The molecule has 0 radical (unpaired) electrons. The van der Waals surface area contributed by atoms with E-state index in [-0.39, 0.29) is 6.54 Å². The Balaban J connectivity index is 1.95. The van der Waals surface area contributed by atoms with Crippen LogP contribution in [0.1, 0.15) is 10.6 Å². The molecule has 0 atom stereocenters. The highest BCUT2D eigenvalue weighted by atomic mass is 32.1. The summed E-state index contributed by atoms with van der Waals surface area (Å²) in [6.07, 6.45) is 1.68. The molecule has 0 saturated carbocycles. The molecule has 2 rings (SSSR count). The van der Waals surface area contributed by atoms with Gasteiger partial charge in [0.1, 0.15) is 5.01 Å². The van der Waals surface area contributed by atoms with Crippen molar-refractivity contribution < 1.29 is 13.2 Å². The second-order valence-corrected chi connectivity index (χ2v) is 4.38. The van der Waals surface area contributed by atoms with Crippen molar-refractivity contribution in [2.45, 2.75) is 13.1 Å². The van der Waals surface area contributed by atoms with E-state index in [0.29, 0.717) is 12.1 Å². The molecule has 2 nitrogen and oxygen atoms in total. The summed E-state index contributed by atoms with van der Waals surface area (Å²) >= 11 is 1.49. The summed E-state index contributed by atoms with van der Waals surface area (Å²) < 4.78 is 38.5. The van der Waals surface area contributed by atoms with Gasteiger partial charge in [0.15, 0.2) is 17.5 Å². The molecule has 0 aliphatic carbocycles. The fraction of sp³-hybridized carbons (Fsp3) is 0.182. The van der Waals surface area contributed by atoms with E-state index in [9.17, 15) is 13.2 Å². The summed E-state index contributed by atoms with van der Waals surface area (Å²) in [5.41, 5.74) is 0.359. The van der Waals surface area contributed by atoms with Gasteiger partial charge >= 0.3 is 0 Å². The van der Waals surface area contributed by atoms with Crippen molar-refractivity contribution in [2.75, 3.05) is 0 Å². The van der Waals surface area contributed by atoms with Crippen LogP contribution in [-0.2, 0) is 13.1 Å². The molecule has 0 bridgehead atoms. The summed E-state index contributed by atoms with van der Waals surface area (Å²) in [6.45, 7) is 0.770.